The number of phenols is 1. The summed E-state index contributed by atoms with van der Waals surface area (Å²) >= 11 is 1.98. The Morgan fingerprint density at radius 2 is 2.06 bits per heavy atom. The minimum absolute atomic E-state index is 0.190. The second-order valence-electron chi connectivity index (χ2n) is 4.29. The maximum Gasteiger partial charge on any atom is 0.412 e. The highest BCUT2D eigenvalue weighted by Crippen LogP contribution is 2.23. The molecule has 0 unspecified atom stereocenters. The lowest BCUT2D eigenvalue weighted by Crippen LogP contribution is -2.27. The third kappa shape index (κ3) is 4.26. The van der Waals surface area contributed by atoms with E-state index < -0.39 is 11.7 Å². The molecule has 1 amide bonds. The summed E-state index contributed by atoms with van der Waals surface area (Å²) in [7, 11) is 0. The van der Waals surface area contributed by atoms with E-state index in [-0.39, 0.29) is 5.75 Å². The van der Waals surface area contributed by atoms with Crippen molar-refractivity contribution in [1.29, 1.82) is 0 Å². The molecule has 0 radical (unpaired) electrons. The molecule has 0 aliphatic carbocycles. The first kappa shape index (κ1) is 13.1. The second kappa shape index (κ2) is 4.90. The van der Waals surface area contributed by atoms with Gasteiger partial charge in [0.25, 0.3) is 0 Å². The Hall–Kier alpha value is -0.980. The summed E-state index contributed by atoms with van der Waals surface area (Å²) in [6.07, 6.45) is -0.506. The fourth-order valence-corrected chi connectivity index (χ4v) is 1.52. The monoisotopic (exact) mass is 335 g/mol. The van der Waals surface area contributed by atoms with Crippen LogP contribution in [0.2, 0.25) is 0 Å². The van der Waals surface area contributed by atoms with Gasteiger partial charge in [0.1, 0.15) is 11.4 Å². The predicted octanol–water partition coefficient (Wildman–Crippen LogP) is 3.34. The van der Waals surface area contributed by atoms with Crippen molar-refractivity contribution in [2.24, 2.45) is 0 Å². The highest BCUT2D eigenvalue weighted by Gasteiger charge is 2.16. The number of carbonyl (C=O) groups excluding carboxylic acids is 1. The van der Waals surface area contributed by atoms with Crippen LogP contribution in [0.5, 0.6) is 5.75 Å². The molecule has 0 atom stereocenters. The number of benzene rings is 1. The maximum absolute atomic E-state index is 11.4. The Labute approximate surface area is 108 Å². The first-order chi connectivity index (χ1) is 7.28. The number of rotatable bonds is 1. The summed E-state index contributed by atoms with van der Waals surface area (Å²) in [5.74, 6) is 0.190. The van der Waals surface area contributed by atoms with E-state index in [0.717, 1.165) is 0 Å². The number of anilines is 1. The smallest absolute Gasteiger partial charge is 0.412 e. The van der Waals surface area contributed by atoms with Crippen LogP contribution in [-0.2, 0) is 4.74 Å². The number of nitrogens with one attached hydrogen (secondary N) is 1. The molecule has 0 heterocycles. The van der Waals surface area contributed by atoms with Gasteiger partial charge in [0, 0.05) is 5.69 Å². The van der Waals surface area contributed by atoms with Gasteiger partial charge in [-0.25, -0.2) is 4.79 Å². The van der Waals surface area contributed by atoms with Gasteiger partial charge in [0.05, 0.1) is 3.57 Å². The molecule has 1 aromatic rings. The second-order valence-corrected chi connectivity index (χ2v) is 5.46. The van der Waals surface area contributed by atoms with Crippen LogP contribution in [-0.4, -0.2) is 16.8 Å². The van der Waals surface area contributed by atoms with Crippen LogP contribution >= 0.6 is 22.6 Å². The van der Waals surface area contributed by atoms with Gasteiger partial charge in [-0.3, -0.25) is 5.32 Å². The van der Waals surface area contributed by atoms with Gasteiger partial charge in [-0.1, -0.05) is 0 Å². The summed E-state index contributed by atoms with van der Waals surface area (Å²) in [4.78, 5) is 11.4. The molecule has 0 spiro atoms. The van der Waals surface area contributed by atoms with Gasteiger partial charge in [-0.05, 0) is 61.6 Å². The molecular formula is C11H14INO3. The lowest BCUT2D eigenvalue weighted by molar-refractivity contribution is 0.0636. The van der Waals surface area contributed by atoms with E-state index in [9.17, 15) is 9.90 Å². The van der Waals surface area contributed by atoms with E-state index in [2.05, 4.69) is 5.32 Å². The Kier molecular flexibility index (Phi) is 4.01. The van der Waals surface area contributed by atoms with Crippen molar-refractivity contribution in [3.63, 3.8) is 0 Å². The number of aromatic hydroxyl groups is 1. The minimum atomic E-state index is -0.520. The van der Waals surface area contributed by atoms with Crippen LogP contribution < -0.4 is 5.32 Å². The van der Waals surface area contributed by atoms with Gasteiger partial charge in [0.15, 0.2) is 0 Å². The molecular weight excluding hydrogens is 321 g/mol. The lowest BCUT2D eigenvalue weighted by Gasteiger charge is -2.19. The van der Waals surface area contributed by atoms with Gasteiger partial charge in [-0.2, -0.15) is 0 Å². The molecule has 1 aromatic carbocycles. The highest BCUT2D eigenvalue weighted by molar-refractivity contribution is 14.1. The molecule has 1 rings (SSSR count). The van der Waals surface area contributed by atoms with Crippen molar-refractivity contribution >= 4 is 34.4 Å². The zero-order chi connectivity index (χ0) is 12.3. The Bertz CT molecular complexity index is 399. The average Bonchev–Trinajstić information content (AvgIpc) is 2.08. The summed E-state index contributed by atoms with van der Waals surface area (Å²) in [5.41, 5.74) is 0.0742. The molecule has 0 bridgehead atoms. The number of hydrogen-bond acceptors (Lipinski definition) is 3. The third-order valence-electron chi connectivity index (χ3n) is 1.59. The van der Waals surface area contributed by atoms with Crippen molar-refractivity contribution in [2.75, 3.05) is 5.32 Å². The molecule has 0 saturated carbocycles. The van der Waals surface area contributed by atoms with Crippen molar-refractivity contribution in [3.8, 4) is 5.75 Å². The third-order valence-corrected chi connectivity index (χ3v) is 2.46. The maximum atomic E-state index is 11.4. The molecule has 0 aliphatic rings. The van der Waals surface area contributed by atoms with Crippen molar-refractivity contribution in [3.05, 3.63) is 21.8 Å². The lowest BCUT2D eigenvalue weighted by atomic mass is 10.2. The molecule has 0 fully saturated rings. The van der Waals surface area contributed by atoms with Gasteiger partial charge < -0.3 is 9.84 Å². The van der Waals surface area contributed by atoms with Gasteiger partial charge >= 0.3 is 6.09 Å². The quantitative estimate of drug-likeness (QED) is 0.611. The number of hydrogen-bond donors (Lipinski definition) is 2. The normalized spacial score (nSPS) is 11.0. The van der Waals surface area contributed by atoms with Crippen LogP contribution in [0.4, 0.5) is 10.5 Å². The van der Waals surface area contributed by atoms with Crippen molar-refractivity contribution in [2.45, 2.75) is 26.4 Å². The molecule has 0 aliphatic heterocycles. The summed E-state index contributed by atoms with van der Waals surface area (Å²) < 4.78 is 5.77. The number of carbonyl (C=O) groups is 1. The molecule has 5 heteroatoms. The first-order valence-corrected chi connectivity index (χ1v) is 5.84. The topological polar surface area (TPSA) is 58.6 Å². The van der Waals surface area contributed by atoms with E-state index in [1.807, 2.05) is 22.6 Å². The zero-order valence-electron chi connectivity index (χ0n) is 9.37. The SMILES string of the molecule is CC(C)(C)OC(=O)Nc1ccc(O)c(I)c1. The average molecular weight is 335 g/mol. The van der Waals surface area contributed by atoms with E-state index >= 15 is 0 Å². The molecule has 0 aromatic heterocycles. The fourth-order valence-electron chi connectivity index (χ4n) is 1.01. The Morgan fingerprint density at radius 3 is 2.56 bits per heavy atom. The van der Waals surface area contributed by atoms with Gasteiger partial charge in [-0.15, -0.1) is 0 Å². The number of amides is 1. The van der Waals surface area contributed by atoms with Crippen LogP contribution in [0.15, 0.2) is 18.2 Å². The van der Waals surface area contributed by atoms with Crippen LogP contribution in [0.1, 0.15) is 20.8 Å². The van der Waals surface area contributed by atoms with Crippen LogP contribution in [0, 0.1) is 3.57 Å². The summed E-state index contributed by atoms with van der Waals surface area (Å²) in [6, 6.07) is 4.80. The number of halogens is 1. The fraction of sp³-hybridized carbons (Fsp3) is 0.364. The standard InChI is InChI=1S/C11H14INO3/c1-11(2,3)16-10(15)13-7-4-5-9(14)8(12)6-7/h4-6,14H,1-3H3,(H,13,15). The van der Waals surface area contributed by atoms with Crippen molar-refractivity contribution in [1.82, 2.24) is 0 Å². The Balaban J connectivity index is 2.67. The highest BCUT2D eigenvalue weighted by atomic mass is 127. The largest absolute Gasteiger partial charge is 0.507 e. The van der Waals surface area contributed by atoms with E-state index in [1.165, 1.54) is 6.07 Å². The summed E-state index contributed by atoms with van der Waals surface area (Å²) in [6.45, 7) is 5.40. The first-order valence-electron chi connectivity index (χ1n) is 4.76. The molecule has 16 heavy (non-hydrogen) atoms. The van der Waals surface area contributed by atoms with Crippen molar-refractivity contribution < 1.29 is 14.6 Å². The molecule has 4 nitrogen and oxygen atoms in total. The molecule has 0 saturated heterocycles. The molecule has 88 valence electrons. The van der Waals surface area contributed by atoms with Crippen LogP contribution in [0.25, 0.3) is 0 Å². The van der Waals surface area contributed by atoms with E-state index in [0.29, 0.717) is 9.26 Å². The summed E-state index contributed by atoms with van der Waals surface area (Å²) in [5, 5.41) is 11.9. The minimum Gasteiger partial charge on any atom is -0.507 e. The molecule has 2 N–H and O–H groups in total. The predicted molar refractivity (Wildman–Crippen MR) is 70.7 cm³/mol. The van der Waals surface area contributed by atoms with Crippen LogP contribution in [0.3, 0.4) is 0 Å². The Morgan fingerprint density at radius 1 is 1.44 bits per heavy atom. The van der Waals surface area contributed by atoms with E-state index in [4.69, 9.17) is 4.74 Å². The van der Waals surface area contributed by atoms with E-state index in [1.54, 1.807) is 32.9 Å². The number of ether oxygens (including phenoxy) is 1. The van der Waals surface area contributed by atoms with Gasteiger partial charge in [0.2, 0.25) is 0 Å². The number of phenolic OH excluding ortho intramolecular Hbond substituents is 1. The zero-order valence-corrected chi connectivity index (χ0v) is 11.5.